The van der Waals surface area contributed by atoms with Crippen molar-refractivity contribution in [3.8, 4) is 0 Å². The van der Waals surface area contributed by atoms with Crippen molar-refractivity contribution in [3.63, 3.8) is 0 Å². The number of hydrogen-bond acceptors (Lipinski definition) is 3. The Kier molecular flexibility index (Phi) is 4.29. The number of carboxylic acid groups (broad SMARTS) is 1. The summed E-state index contributed by atoms with van der Waals surface area (Å²) >= 11 is 0. The van der Waals surface area contributed by atoms with Crippen LogP contribution in [0.25, 0.3) is 0 Å². The van der Waals surface area contributed by atoms with Gasteiger partial charge in [-0.1, -0.05) is 13.8 Å². The number of carbonyl (C=O) groups is 2. The molecular formula is C11H19NO4. The molecule has 1 amide bonds. The van der Waals surface area contributed by atoms with Gasteiger partial charge in [0, 0.05) is 19.4 Å². The molecular weight excluding hydrogens is 210 g/mol. The summed E-state index contributed by atoms with van der Waals surface area (Å²) in [6, 6.07) is -0.852. The summed E-state index contributed by atoms with van der Waals surface area (Å²) in [6.07, 6.45) is 0.540. The van der Waals surface area contributed by atoms with Crippen LogP contribution in [0.2, 0.25) is 0 Å². The van der Waals surface area contributed by atoms with Gasteiger partial charge < -0.3 is 15.1 Å². The summed E-state index contributed by atoms with van der Waals surface area (Å²) in [5.41, 5.74) is 0. The molecule has 2 atom stereocenters. The van der Waals surface area contributed by atoms with Crippen LogP contribution in [0.1, 0.15) is 33.1 Å². The van der Waals surface area contributed by atoms with Crippen LogP contribution in [0.4, 0.5) is 0 Å². The fraction of sp³-hybridized carbons (Fsp3) is 0.818. The highest BCUT2D eigenvalue weighted by atomic mass is 16.4. The summed E-state index contributed by atoms with van der Waals surface area (Å²) in [7, 11) is 0. The molecule has 1 unspecified atom stereocenters. The van der Waals surface area contributed by atoms with Gasteiger partial charge in [-0.05, 0) is 12.3 Å². The van der Waals surface area contributed by atoms with Gasteiger partial charge in [0.1, 0.15) is 6.04 Å². The third kappa shape index (κ3) is 3.20. The molecule has 16 heavy (non-hydrogen) atoms. The fourth-order valence-electron chi connectivity index (χ4n) is 1.88. The van der Waals surface area contributed by atoms with E-state index in [4.69, 9.17) is 5.11 Å². The standard InChI is InChI=1S/C11H19NO4/c1-7(2)3-4-10(14)12-6-8(13)5-9(12)11(15)16/h7-9,13H,3-6H2,1-2H3,(H,15,16)/t8?,9-/m0/s1. The van der Waals surface area contributed by atoms with Crippen LogP contribution in [0.15, 0.2) is 0 Å². The van der Waals surface area contributed by atoms with Crippen LogP contribution in [0.5, 0.6) is 0 Å². The minimum absolute atomic E-state index is 0.142. The highest BCUT2D eigenvalue weighted by molar-refractivity contribution is 5.84. The van der Waals surface area contributed by atoms with Gasteiger partial charge in [0.2, 0.25) is 5.91 Å². The van der Waals surface area contributed by atoms with Crippen molar-refractivity contribution >= 4 is 11.9 Å². The zero-order valence-electron chi connectivity index (χ0n) is 9.72. The number of nitrogens with zero attached hydrogens (tertiary/aromatic N) is 1. The molecule has 1 aliphatic heterocycles. The van der Waals surface area contributed by atoms with Crippen molar-refractivity contribution in [1.82, 2.24) is 4.90 Å². The van der Waals surface area contributed by atoms with E-state index < -0.39 is 18.1 Å². The van der Waals surface area contributed by atoms with E-state index in [2.05, 4.69) is 0 Å². The van der Waals surface area contributed by atoms with E-state index >= 15 is 0 Å². The van der Waals surface area contributed by atoms with Crippen LogP contribution in [0.3, 0.4) is 0 Å². The monoisotopic (exact) mass is 229 g/mol. The minimum Gasteiger partial charge on any atom is -0.480 e. The van der Waals surface area contributed by atoms with Gasteiger partial charge in [-0.15, -0.1) is 0 Å². The molecule has 0 aliphatic carbocycles. The first-order valence-electron chi connectivity index (χ1n) is 5.62. The molecule has 0 radical (unpaired) electrons. The topological polar surface area (TPSA) is 77.8 Å². The second-order valence-electron chi connectivity index (χ2n) is 4.72. The summed E-state index contributed by atoms with van der Waals surface area (Å²) in [5.74, 6) is -0.785. The number of hydrogen-bond donors (Lipinski definition) is 2. The lowest BCUT2D eigenvalue weighted by Gasteiger charge is -2.21. The first kappa shape index (κ1) is 13.0. The Bertz CT molecular complexity index is 277. The second kappa shape index (κ2) is 5.30. The molecule has 5 heteroatoms. The van der Waals surface area contributed by atoms with Crippen molar-refractivity contribution in [2.45, 2.75) is 45.3 Å². The highest BCUT2D eigenvalue weighted by Gasteiger charge is 2.38. The van der Waals surface area contributed by atoms with Crippen LogP contribution < -0.4 is 0 Å². The van der Waals surface area contributed by atoms with E-state index in [1.807, 2.05) is 13.8 Å². The number of carboxylic acids is 1. The van der Waals surface area contributed by atoms with Crippen LogP contribution in [-0.2, 0) is 9.59 Å². The predicted molar refractivity (Wildman–Crippen MR) is 57.8 cm³/mol. The minimum atomic E-state index is -1.03. The zero-order chi connectivity index (χ0) is 12.3. The molecule has 2 N–H and O–H groups in total. The highest BCUT2D eigenvalue weighted by Crippen LogP contribution is 2.20. The number of rotatable bonds is 4. The SMILES string of the molecule is CC(C)CCC(=O)N1CC(O)C[C@H]1C(=O)O. The number of aliphatic hydroxyl groups is 1. The van der Waals surface area contributed by atoms with Crippen molar-refractivity contribution < 1.29 is 19.8 Å². The first-order valence-corrected chi connectivity index (χ1v) is 5.62. The number of likely N-dealkylation sites (tertiary alicyclic amines) is 1. The van der Waals surface area contributed by atoms with E-state index in [-0.39, 0.29) is 18.9 Å². The Morgan fingerprint density at radius 3 is 2.56 bits per heavy atom. The predicted octanol–water partition coefficient (Wildman–Crippen LogP) is 0.469. The Hall–Kier alpha value is -1.10. The average molecular weight is 229 g/mol. The smallest absolute Gasteiger partial charge is 0.326 e. The zero-order valence-corrected chi connectivity index (χ0v) is 9.72. The van der Waals surface area contributed by atoms with Gasteiger partial charge in [0.15, 0.2) is 0 Å². The van der Waals surface area contributed by atoms with E-state index in [0.29, 0.717) is 12.3 Å². The first-order chi connectivity index (χ1) is 7.41. The Labute approximate surface area is 95.1 Å². The molecule has 0 spiro atoms. The van der Waals surface area contributed by atoms with Crippen molar-refractivity contribution in [2.75, 3.05) is 6.54 Å². The van der Waals surface area contributed by atoms with Gasteiger partial charge in [-0.3, -0.25) is 4.79 Å². The maximum atomic E-state index is 11.8. The maximum absolute atomic E-state index is 11.8. The van der Waals surface area contributed by atoms with Gasteiger partial charge >= 0.3 is 5.97 Å². The van der Waals surface area contributed by atoms with Crippen molar-refractivity contribution in [1.29, 1.82) is 0 Å². The molecule has 0 aromatic rings. The molecule has 0 saturated carbocycles. The van der Waals surface area contributed by atoms with E-state index in [9.17, 15) is 14.7 Å². The fourth-order valence-corrected chi connectivity index (χ4v) is 1.88. The number of amides is 1. The van der Waals surface area contributed by atoms with Crippen LogP contribution in [-0.4, -0.2) is 45.7 Å². The quantitative estimate of drug-likeness (QED) is 0.734. The van der Waals surface area contributed by atoms with Crippen LogP contribution >= 0.6 is 0 Å². The van der Waals surface area contributed by atoms with E-state index in [0.717, 1.165) is 6.42 Å². The summed E-state index contributed by atoms with van der Waals surface area (Å²) in [5, 5.41) is 18.3. The van der Waals surface area contributed by atoms with Gasteiger partial charge in [-0.25, -0.2) is 4.79 Å². The third-order valence-corrected chi connectivity index (χ3v) is 2.82. The van der Waals surface area contributed by atoms with Gasteiger partial charge in [-0.2, -0.15) is 0 Å². The molecule has 92 valence electrons. The Morgan fingerprint density at radius 2 is 2.06 bits per heavy atom. The summed E-state index contributed by atoms with van der Waals surface area (Å²) in [6.45, 7) is 4.18. The molecule has 1 rings (SSSR count). The molecule has 0 aromatic heterocycles. The maximum Gasteiger partial charge on any atom is 0.326 e. The number of aliphatic carboxylic acids is 1. The van der Waals surface area contributed by atoms with Gasteiger partial charge in [0.05, 0.1) is 6.10 Å². The molecule has 1 saturated heterocycles. The number of carbonyl (C=O) groups excluding carboxylic acids is 1. The number of β-amino-alcohol motifs (C(OH)–C–C–N with tert-alkyl or cyclic N) is 1. The molecule has 1 fully saturated rings. The number of aliphatic hydroxyl groups excluding tert-OH is 1. The lowest BCUT2D eigenvalue weighted by Crippen LogP contribution is -2.40. The molecule has 5 nitrogen and oxygen atoms in total. The lowest BCUT2D eigenvalue weighted by atomic mass is 10.1. The molecule has 0 aromatic carbocycles. The van der Waals surface area contributed by atoms with Crippen molar-refractivity contribution in [3.05, 3.63) is 0 Å². The summed E-state index contributed by atoms with van der Waals surface area (Å²) in [4.78, 5) is 23.9. The van der Waals surface area contributed by atoms with E-state index in [1.165, 1.54) is 4.90 Å². The normalized spacial score (nSPS) is 25.1. The molecule has 1 aliphatic rings. The van der Waals surface area contributed by atoms with Crippen molar-refractivity contribution in [2.24, 2.45) is 5.92 Å². The third-order valence-electron chi connectivity index (χ3n) is 2.82. The van der Waals surface area contributed by atoms with Gasteiger partial charge in [0.25, 0.3) is 0 Å². The molecule has 0 bridgehead atoms. The Morgan fingerprint density at radius 1 is 1.44 bits per heavy atom. The van der Waals surface area contributed by atoms with E-state index in [1.54, 1.807) is 0 Å². The second-order valence-corrected chi connectivity index (χ2v) is 4.72. The lowest BCUT2D eigenvalue weighted by molar-refractivity contribution is -0.148. The average Bonchev–Trinajstić information content (AvgIpc) is 2.56. The largest absolute Gasteiger partial charge is 0.480 e. The Balaban J connectivity index is 2.56. The molecule has 1 heterocycles. The van der Waals surface area contributed by atoms with Crippen LogP contribution in [0, 0.1) is 5.92 Å². The summed E-state index contributed by atoms with van der Waals surface area (Å²) < 4.78 is 0.